The molecule has 15 heavy (non-hydrogen) atoms. The third-order valence-corrected chi connectivity index (χ3v) is 4.40. The summed E-state index contributed by atoms with van der Waals surface area (Å²) in [5, 5.41) is 0. The lowest BCUT2D eigenvalue weighted by molar-refractivity contribution is -0.132. The summed E-state index contributed by atoms with van der Waals surface area (Å²) in [6, 6.07) is 0. The Morgan fingerprint density at radius 2 is 1.87 bits per heavy atom. The van der Waals surface area contributed by atoms with Crippen LogP contribution in [0, 0.1) is 29.6 Å². The van der Waals surface area contributed by atoms with E-state index in [0.717, 1.165) is 12.3 Å². The van der Waals surface area contributed by atoms with Gasteiger partial charge in [-0.3, -0.25) is 4.79 Å². The second-order valence-corrected chi connectivity index (χ2v) is 5.54. The predicted molar refractivity (Wildman–Crippen MR) is 64.7 cm³/mol. The average Bonchev–Trinajstić information content (AvgIpc) is 2.16. The molecule has 0 aromatic carbocycles. The van der Waals surface area contributed by atoms with Gasteiger partial charge in [0.15, 0.2) is 0 Å². The fourth-order valence-corrected chi connectivity index (χ4v) is 3.67. The molecule has 1 heteroatoms. The number of ketones is 1. The lowest BCUT2D eigenvalue weighted by Crippen LogP contribution is -2.41. The van der Waals surface area contributed by atoms with Gasteiger partial charge in [0.1, 0.15) is 5.78 Å². The second kappa shape index (κ2) is 5.14. The highest BCUT2D eigenvalue weighted by molar-refractivity contribution is 5.82. The molecule has 1 aliphatic carbocycles. The predicted octanol–water partition coefficient (Wildman–Crippen LogP) is 3.92. The van der Waals surface area contributed by atoms with Crippen molar-refractivity contribution in [2.45, 2.75) is 53.9 Å². The molecule has 0 heterocycles. The van der Waals surface area contributed by atoms with Crippen molar-refractivity contribution >= 4 is 5.78 Å². The molecular formula is C14H26O. The van der Waals surface area contributed by atoms with Crippen molar-refractivity contribution in [3.8, 4) is 0 Å². The van der Waals surface area contributed by atoms with E-state index in [2.05, 4.69) is 34.6 Å². The summed E-state index contributed by atoms with van der Waals surface area (Å²) < 4.78 is 0. The van der Waals surface area contributed by atoms with Crippen LogP contribution in [0.1, 0.15) is 53.9 Å². The van der Waals surface area contributed by atoms with Crippen molar-refractivity contribution < 1.29 is 4.79 Å². The van der Waals surface area contributed by atoms with Crippen molar-refractivity contribution in [3.63, 3.8) is 0 Å². The molecule has 0 unspecified atom stereocenters. The van der Waals surface area contributed by atoms with E-state index in [0.29, 0.717) is 29.5 Å². The summed E-state index contributed by atoms with van der Waals surface area (Å²) in [4.78, 5) is 12.1. The number of carbonyl (C=O) groups is 1. The van der Waals surface area contributed by atoms with Crippen molar-refractivity contribution in [1.29, 1.82) is 0 Å². The maximum absolute atomic E-state index is 12.1. The van der Waals surface area contributed by atoms with E-state index in [4.69, 9.17) is 0 Å². The van der Waals surface area contributed by atoms with Crippen LogP contribution in [0.15, 0.2) is 0 Å². The molecule has 0 radical (unpaired) electrons. The summed E-state index contributed by atoms with van der Waals surface area (Å²) in [6.07, 6.45) is 3.23. The van der Waals surface area contributed by atoms with Crippen LogP contribution < -0.4 is 0 Å². The molecule has 0 saturated heterocycles. The molecule has 88 valence electrons. The van der Waals surface area contributed by atoms with Gasteiger partial charge in [-0.1, -0.05) is 47.5 Å². The Hall–Kier alpha value is -0.330. The fraction of sp³-hybridized carbons (Fsp3) is 0.929. The molecular weight excluding hydrogens is 184 g/mol. The van der Waals surface area contributed by atoms with Crippen molar-refractivity contribution in [2.24, 2.45) is 29.6 Å². The summed E-state index contributed by atoms with van der Waals surface area (Å²) in [5.41, 5.74) is 0. The molecule has 1 aliphatic rings. The first kappa shape index (κ1) is 12.7. The number of rotatable bonds is 3. The van der Waals surface area contributed by atoms with Crippen LogP contribution in [-0.2, 0) is 4.79 Å². The topological polar surface area (TPSA) is 17.1 Å². The minimum Gasteiger partial charge on any atom is -0.299 e. The zero-order valence-corrected chi connectivity index (χ0v) is 10.9. The summed E-state index contributed by atoms with van der Waals surface area (Å²) in [5.74, 6) is 3.35. The highest BCUT2D eigenvalue weighted by Crippen LogP contribution is 2.42. The first-order valence-corrected chi connectivity index (χ1v) is 6.55. The Bertz CT molecular complexity index is 219. The lowest BCUT2D eigenvalue weighted by atomic mass is 9.62. The molecule has 0 aliphatic heterocycles. The van der Waals surface area contributed by atoms with E-state index in [1.807, 2.05) is 0 Å². The van der Waals surface area contributed by atoms with E-state index in [-0.39, 0.29) is 0 Å². The molecule has 0 N–H and O–H groups in total. The maximum Gasteiger partial charge on any atom is 0.136 e. The Balaban J connectivity index is 2.84. The van der Waals surface area contributed by atoms with Gasteiger partial charge < -0.3 is 0 Å². The molecule has 1 nitrogen and oxygen atoms in total. The quantitative estimate of drug-likeness (QED) is 0.690. The van der Waals surface area contributed by atoms with Gasteiger partial charge in [-0.25, -0.2) is 0 Å². The van der Waals surface area contributed by atoms with E-state index >= 15 is 0 Å². The first-order valence-electron chi connectivity index (χ1n) is 6.55. The number of hydrogen-bond donors (Lipinski definition) is 0. The molecule has 0 aromatic rings. The molecule has 1 saturated carbocycles. The van der Waals surface area contributed by atoms with Gasteiger partial charge in [-0.2, -0.15) is 0 Å². The minimum atomic E-state index is 0.317. The standard InChI is InChI=1S/C14H26O/c1-6-11-8-13(15)14(9(3)4)10(5)12(11)7-2/h9-12,14H,6-8H2,1-5H3/t10-,11-,12-,14-/m0/s1. The SMILES string of the molecule is CC[C@H]1CC(=O)[C@@H](C(C)C)[C@@H](C)[C@@H]1CC. The van der Waals surface area contributed by atoms with Crippen LogP contribution in [0.2, 0.25) is 0 Å². The molecule has 0 bridgehead atoms. The minimum absolute atomic E-state index is 0.317. The summed E-state index contributed by atoms with van der Waals surface area (Å²) in [6.45, 7) is 11.2. The van der Waals surface area contributed by atoms with Crippen LogP contribution >= 0.6 is 0 Å². The first-order chi connectivity index (χ1) is 7.02. The van der Waals surface area contributed by atoms with Crippen LogP contribution in [0.4, 0.5) is 0 Å². The average molecular weight is 210 g/mol. The van der Waals surface area contributed by atoms with Gasteiger partial charge in [0.2, 0.25) is 0 Å². The van der Waals surface area contributed by atoms with Gasteiger partial charge in [-0.05, 0) is 23.7 Å². The van der Waals surface area contributed by atoms with E-state index < -0.39 is 0 Å². The maximum atomic E-state index is 12.1. The zero-order valence-electron chi connectivity index (χ0n) is 10.9. The molecule has 1 fully saturated rings. The summed E-state index contributed by atoms with van der Waals surface area (Å²) in [7, 11) is 0. The van der Waals surface area contributed by atoms with E-state index in [9.17, 15) is 4.79 Å². The Morgan fingerprint density at radius 3 is 2.27 bits per heavy atom. The smallest absolute Gasteiger partial charge is 0.136 e. The third kappa shape index (κ3) is 2.43. The zero-order chi connectivity index (χ0) is 11.6. The number of carbonyl (C=O) groups excluding carboxylic acids is 1. The third-order valence-electron chi connectivity index (χ3n) is 4.40. The van der Waals surface area contributed by atoms with E-state index in [1.54, 1.807) is 0 Å². The Kier molecular flexibility index (Phi) is 4.36. The number of hydrogen-bond acceptors (Lipinski definition) is 1. The molecule has 1 rings (SSSR count). The van der Waals surface area contributed by atoms with E-state index in [1.165, 1.54) is 12.8 Å². The highest BCUT2D eigenvalue weighted by Gasteiger charge is 2.40. The molecule has 0 spiro atoms. The Morgan fingerprint density at radius 1 is 1.27 bits per heavy atom. The summed E-state index contributed by atoms with van der Waals surface area (Å²) >= 11 is 0. The lowest BCUT2D eigenvalue weighted by Gasteiger charge is -2.41. The van der Waals surface area contributed by atoms with Crippen LogP contribution in [0.5, 0.6) is 0 Å². The molecule has 4 atom stereocenters. The van der Waals surface area contributed by atoms with Gasteiger partial charge in [0.05, 0.1) is 0 Å². The normalized spacial score (nSPS) is 37.3. The molecule has 0 aromatic heterocycles. The molecule has 0 amide bonds. The van der Waals surface area contributed by atoms with Crippen molar-refractivity contribution in [3.05, 3.63) is 0 Å². The monoisotopic (exact) mass is 210 g/mol. The van der Waals surface area contributed by atoms with Gasteiger partial charge in [0, 0.05) is 12.3 Å². The fourth-order valence-electron chi connectivity index (χ4n) is 3.67. The van der Waals surface area contributed by atoms with Crippen molar-refractivity contribution in [2.75, 3.05) is 0 Å². The number of Topliss-reactive ketones (excluding diaryl/α,β-unsaturated/α-hetero) is 1. The van der Waals surface area contributed by atoms with Crippen molar-refractivity contribution in [1.82, 2.24) is 0 Å². The second-order valence-electron chi connectivity index (χ2n) is 5.54. The van der Waals surface area contributed by atoms with Crippen LogP contribution in [0.25, 0.3) is 0 Å². The van der Waals surface area contributed by atoms with Crippen LogP contribution in [0.3, 0.4) is 0 Å². The highest BCUT2D eigenvalue weighted by atomic mass is 16.1. The van der Waals surface area contributed by atoms with Gasteiger partial charge in [-0.15, -0.1) is 0 Å². The largest absolute Gasteiger partial charge is 0.299 e. The van der Waals surface area contributed by atoms with Crippen LogP contribution in [-0.4, -0.2) is 5.78 Å². The Labute approximate surface area is 94.6 Å². The van der Waals surface area contributed by atoms with Gasteiger partial charge >= 0.3 is 0 Å². The van der Waals surface area contributed by atoms with Gasteiger partial charge in [0.25, 0.3) is 0 Å².